The van der Waals surface area contributed by atoms with E-state index in [2.05, 4.69) is 5.32 Å². The number of rotatable bonds is 6. The van der Waals surface area contributed by atoms with Crippen molar-refractivity contribution in [3.05, 3.63) is 83.9 Å². The van der Waals surface area contributed by atoms with Gasteiger partial charge in [0, 0.05) is 6.54 Å². The summed E-state index contributed by atoms with van der Waals surface area (Å²) in [5.74, 6) is 0.287. The van der Waals surface area contributed by atoms with Crippen molar-refractivity contribution >= 4 is 33.3 Å². The number of hydrogen-bond donors (Lipinski definition) is 1. The smallest absolute Gasteiger partial charge is 0.343 e. The van der Waals surface area contributed by atoms with Crippen LogP contribution in [0.1, 0.15) is 11.1 Å². The Labute approximate surface area is 192 Å². The first-order valence-electron chi connectivity index (χ1n) is 10.2. The predicted molar refractivity (Wildman–Crippen MR) is 125 cm³/mol. The van der Waals surface area contributed by atoms with Gasteiger partial charge in [-0.3, -0.25) is 9.69 Å². The molecule has 0 atom stereocenters. The molecule has 0 bridgehead atoms. The molecule has 0 fully saturated rings. The third-order valence-corrected chi connectivity index (χ3v) is 7.05. The van der Waals surface area contributed by atoms with Crippen molar-refractivity contribution in [1.29, 1.82) is 0 Å². The molecule has 0 unspecified atom stereocenters. The van der Waals surface area contributed by atoms with Gasteiger partial charge in [-0.2, -0.15) is 4.31 Å². The summed E-state index contributed by atoms with van der Waals surface area (Å²) in [7, 11) is -2.56. The monoisotopic (exact) mass is 465 g/mol. The molecule has 1 N–H and O–H groups in total. The number of sulfonamides is 1. The standard InChI is InChI=1S/C24H23N3O5S/c1-17-7-11-19(12-8-17)27-24(29)26(21-5-3-4-6-22(21)33(27,30)31)16-23(28)25-15-18-9-13-20(32-2)14-10-18/h3-14H,15-16H2,1-2H3,(H,25,28). The second kappa shape index (κ2) is 8.95. The molecule has 33 heavy (non-hydrogen) atoms. The average molecular weight is 466 g/mol. The number of nitrogens with zero attached hydrogens (tertiary/aromatic N) is 2. The van der Waals surface area contributed by atoms with Gasteiger partial charge in [-0.25, -0.2) is 13.2 Å². The molecule has 3 aromatic rings. The summed E-state index contributed by atoms with van der Waals surface area (Å²) < 4.78 is 32.4. The number of nitrogens with one attached hydrogen (secondary N) is 1. The highest BCUT2D eigenvalue weighted by molar-refractivity contribution is 7.94. The van der Waals surface area contributed by atoms with E-state index in [-0.39, 0.29) is 29.4 Å². The topological polar surface area (TPSA) is 96.0 Å². The largest absolute Gasteiger partial charge is 0.497 e. The molecule has 4 rings (SSSR count). The number of fused-ring (bicyclic) bond motifs is 1. The van der Waals surface area contributed by atoms with E-state index in [1.807, 2.05) is 19.1 Å². The van der Waals surface area contributed by atoms with Crippen LogP contribution in [0.25, 0.3) is 0 Å². The zero-order valence-electron chi connectivity index (χ0n) is 18.2. The highest BCUT2D eigenvalue weighted by Crippen LogP contribution is 2.37. The summed E-state index contributed by atoms with van der Waals surface area (Å²) in [6.07, 6.45) is 0. The zero-order valence-corrected chi connectivity index (χ0v) is 19.0. The summed E-state index contributed by atoms with van der Waals surface area (Å²) in [5, 5.41) is 2.78. The number of para-hydroxylation sites is 1. The second-order valence-corrected chi connectivity index (χ2v) is 9.32. The maximum atomic E-state index is 13.3. The van der Waals surface area contributed by atoms with Crippen LogP contribution in [0.5, 0.6) is 5.75 Å². The van der Waals surface area contributed by atoms with E-state index in [1.165, 1.54) is 17.0 Å². The minimum Gasteiger partial charge on any atom is -0.497 e. The molecule has 3 amide bonds. The van der Waals surface area contributed by atoms with Crippen LogP contribution in [0.2, 0.25) is 0 Å². The Balaban J connectivity index is 1.60. The van der Waals surface area contributed by atoms with Crippen LogP contribution in [0.3, 0.4) is 0 Å². The Bertz CT molecular complexity index is 1290. The Hall–Kier alpha value is -3.85. The van der Waals surface area contributed by atoms with Crippen LogP contribution < -0.4 is 19.3 Å². The molecular weight excluding hydrogens is 442 g/mol. The van der Waals surface area contributed by atoms with Crippen molar-refractivity contribution in [2.45, 2.75) is 18.4 Å². The highest BCUT2D eigenvalue weighted by Gasteiger charge is 2.42. The van der Waals surface area contributed by atoms with Crippen molar-refractivity contribution in [2.75, 3.05) is 22.9 Å². The molecule has 170 valence electrons. The van der Waals surface area contributed by atoms with Crippen LogP contribution in [0.15, 0.2) is 77.7 Å². The van der Waals surface area contributed by atoms with Crippen LogP contribution in [0.4, 0.5) is 16.2 Å². The van der Waals surface area contributed by atoms with E-state index in [9.17, 15) is 18.0 Å². The molecule has 1 aliphatic heterocycles. The summed E-state index contributed by atoms with van der Waals surface area (Å²) in [6.45, 7) is 1.79. The van der Waals surface area contributed by atoms with E-state index in [4.69, 9.17) is 4.74 Å². The number of methoxy groups -OCH3 is 1. The maximum Gasteiger partial charge on any atom is 0.343 e. The van der Waals surface area contributed by atoms with E-state index in [1.54, 1.807) is 55.6 Å². The van der Waals surface area contributed by atoms with Gasteiger partial charge in [-0.15, -0.1) is 0 Å². The van der Waals surface area contributed by atoms with Gasteiger partial charge in [0.15, 0.2) is 0 Å². The molecule has 0 saturated carbocycles. The number of carbonyl (C=O) groups excluding carboxylic acids is 2. The van der Waals surface area contributed by atoms with Crippen LogP contribution in [-0.2, 0) is 21.4 Å². The summed E-state index contributed by atoms with van der Waals surface area (Å²) in [6, 6.07) is 19.2. The number of urea groups is 1. The SMILES string of the molecule is COc1ccc(CNC(=O)CN2C(=O)N(c3ccc(C)cc3)S(=O)(=O)c3ccccc32)cc1. The van der Waals surface area contributed by atoms with Crippen molar-refractivity contribution < 1.29 is 22.7 Å². The predicted octanol–water partition coefficient (Wildman–Crippen LogP) is 3.46. The Kier molecular flexibility index (Phi) is 6.06. The van der Waals surface area contributed by atoms with E-state index in [0.717, 1.165) is 15.4 Å². The minimum atomic E-state index is -4.13. The number of benzene rings is 3. The van der Waals surface area contributed by atoms with Gasteiger partial charge in [0.05, 0.1) is 18.5 Å². The normalized spacial score (nSPS) is 14.5. The first-order chi connectivity index (χ1) is 15.8. The van der Waals surface area contributed by atoms with Gasteiger partial charge in [0.2, 0.25) is 5.91 Å². The van der Waals surface area contributed by atoms with Gasteiger partial charge in [0.25, 0.3) is 10.0 Å². The summed E-state index contributed by atoms with van der Waals surface area (Å²) in [4.78, 5) is 27.2. The third kappa shape index (κ3) is 4.40. The number of anilines is 2. The molecule has 3 aromatic carbocycles. The van der Waals surface area contributed by atoms with E-state index in [0.29, 0.717) is 5.75 Å². The summed E-state index contributed by atoms with van der Waals surface area (Å²) >= 11 is 0. The molecule has 0 spiro atoms. The van der Waals surface area contributed by atoms with Crippen LogP contribution in [-0.4, -0.2) is 34.0 Å². The van der Waals surface area contributed by atoms with Gasteiger partial charge < -0.3 is 10.1 Å². The van der Waals surface area contributed by atoms with Crippen molar-refractivity contribution in [3.63, 3.8) is 0 Å². The Morgan fingerprint density at radius 3 is 2.30 bits per heavy atom. The lowest BCUT2D eigenvalue weighted by Gasteiger charge is -2.35. The second-order valence-electron chi connectivity index (χ2n) is 7.57. The molecule has 8 nitrogen and oxygen atoms in total. The summed E-state index contributed by atoms with van der Waals surface area (Å²) in [5.41, 5.74) is 2.17. The molecule has 0 saturated heterocycles. The van der Waals surface area contributed by atoms with Crippen molar-refractivity contribution in [3.8, 4) is 5.75 Å². The number of ether oxygens (including phenoxy) is 1. The van der Waals surface area contributed by atoms with Crippen molar-refractivity contribution in [1.82, 2.24) is 5.32 Å². The molecule has 1 heterocycles. The fourth-order valence-corrected chi connectivity index (χ4v) is 5.13. The van der Waals surface area contributed by atoms with E-state index >= 15 is 0 Å². The quantitative estimate of drug-likeness (QED) is 0.602. The van der Waals surface area contributed by atoms with Crippen LogP contribution >= 0.6 is 0 Å². The molecule has 9 heteroatoms. The number of aryl methyl sites for hydroxylation is 1. The molecule has 0 aliphatic carbocycles. The van der Waals surface area contributed by atoms with E-state index < -0.39 is 22.0 Å². The fraction of sp³-hybridized carbons (Fsp3) is 0.167. The molecule has 0 aromatic heterocycles. The third-order valence-electron chi connectivity index (χ3n) is 5.30. The first-order valence-corrected chi connectivity index (χ1v) is 11.7. The van der Waals surface area contributed by atoms with Gasteiger partial charge >= 0.3 is 6.03 Å². The lowest BCUT2D eigenvalue weighted by atomic mass is 10.2. The average Bonchev–Trinajstić information content (AvgIpc) is 2.82. The van der Waals surface area contributed by atoms with Gasteiger partial charge in [-0.1, -0.05) is 42.0 Å². The highest BCUT2D eigenvalue weighted by atomic mass is 32.2. The number of amides is 3. The van der Waals surface area contributed by atoms with Crippen LogP contribution in [0, 0.1) is 6.92 Å². The van der Waals surface area contributed by atoms with Crippen molar-refractivity contribution in [2.24, 2.45) is 0 Å². The molecule has 1 aliphatic rings. The number of hydrogen-bond acceptors (Lipinski definition) is 5. The fourth-order valence-electron chi connectivity index (χ4n) is 3.54. The number of carbonyl (C=O) groups is 2. The molecular formula is C24H23N3O5S. The zero-order chi connectivity index (χ0) is 23.6. The van der Waals surface area contributed by atoms with Gasteiger partial charge in [-0.05, 0) is 48.9 Å². The Morgan fingerprint density at radius 2 is 1.64 bits per heavy atom. The Morgan fingerprint density at radius 1 is 0.970 bits per heavy atom. The maximum absolute atomic E-state index is 13.3. The minimum absolute atomic E-state index is 0.0341. The molecule has 0 radical (unpaired) electrons. The first kappa shape index (κ1) is 22.3. The van der Waals surface area contributed by atoms with Gasteiger partial charge in [0.1, 0.15) is 17.2 Å². The lowest BCUT2D eigenvalue weighted by Crippen LogP contribution is -2.53. The lowest BCUT2D eigenvalue weighted by molar-refractivity contribution is -0.119.